The molecule has 0 saturated heterocycles. The standard InChI is InChI=1S/C7H16O2.CH5O3P/c1-6(2,8)7(3,4)9-5;1-4-5(2)3/h8H,1-5H3;5H,1H3,(H,2,3). The predicted molar refractivity (Wildman–Crippen MR) is 55.6 cm³/mol. The summed E-state index contributed by atoms with van der Waals surface area (Å²) < 4.78 is 18.2. The molecule has 0 aromatic carbocycles. The average Bonchev–Trinajstić information content (AvgIpc) is 2.03. The van der Waals surface area contributed by atoms with E-state index < -0.39 is 19.5 Å². The van der Waals surface area contributed by atoms with Gasteiger partial charge in [0.2, 0.25) is 0 Å². The molecule has 6 heteroatoms. The highest BCUT2D eigenvalue weighted by Gasteiger charge is 2.34. The molecular weight excluding hydrogens is 207 g/mol. The summed E-state index contributed by atoms with van der Waals surface area (Å²) in [6, 6.07) is 0. The molecule has 1 atom stereocenters. The zero-order chi connectivity index (χ0) is 12.0. The van der Waals surface area contributed by atoms with E-state index in [1.165, 1.54) is 7.11 Å². The molecule has 2 N–H and O–H groups in total. The first-order valence-electron chi connectivity index (χ1n) is 4.13. The lowest BCUT2D eigenvalue weighted by atomic mass is 9.90. The topological polar surface area (TPSA) is 76.0 Å². The second-order valence-corrected chi connectivity index (χ2v) is 4.68. The fraction of sp³-hybridized carbons (Fsp3) is 1.00. The minimum Gasteiger partial charge on any atom is -0.387 e. The van der Waals surface area contributed by atoms with Crippen LogP contribution in [-0.2, 0) is 13.8 Å². The Hall–Kier alpha value is 0.0700. The van der Waals surface area contributed by atoms with Crippen LogP contribution < -0.4 is 0 Å². The molecule has 0 aliphatic rings. The number of hydrogen-bond acceptors (Lipinski definition) is 4. The molecule has 0 aromatic heterocycles. The third-order valence-electron chi connectivity index (χ3n) is 2.16. The van der Waals surface area contributed by atoms with Crippen LogP contribution in [0.15, 0.2) is 0 Å². The van der Waals surface area contributed by atoms with Crippen LogP contribution in [0.4, 0.5) is 0 Å². The van der Waals surface area contributed by atoms with Crippen LogP contribution in [-0.4, -0.2) is 35.4 Å². The molecule has 0 amide bonds. The van der Waals surface area contributed by atoms with Gasteiger partial charge < -0.3 is 19.3 Å². The molecule has 0 radical (unpaired) electrons. The van der Waals surface area contributed by atoms with Gasteiger partial charge in [0.05, 0.1) is 11.2 Å². The first kappa shape index (κ1) is 16.5. The molecule has 14 heavy (non-hydrogen) atoms. The van der Waals surface area contributed by atoms with Gasteiger partial charge in [-0.1, -0.05) is 0 Å². The van der Waals surface area contributed by atoms with Crippen LogP contribution in [0, 0.1) is 0 Å². The van der Waals surface area contributed by atoms with Gasteiger partial charge in [-0.3, -0.25) is 4.57 Å². The van der Waals surface area contributed by atoms with E-state index in [-0.39, 0.29) is 0 Å². The van der Waals surface area contributed by atoms with Crippen molar-refractivity contribution in [2.45, 2.75) is 38.9 Å². The monoisotopic (exact) mass is 228 g/mol. The molecule has 0 saturated carbocycles. The highest BCUT2D eigenvalue weighted by atomic mass is 31.1. The molecular formula is C8H21O5P. The van der Waals surface area contributed by atoms with Crippen molar-refractivity contribution in [2.24, 2.45) is 0 Å². The Morgan fingerprint density at radius 3 is 1.43 bits per heavy atom. The summed E-state index contributed by atoms with van der Waals surface area (Å²) in [5.74, 6) is 0. The van der Waals surface area contributed by atoms with Crippen LogP contribution in [0.1, 0.15) is 27.7 Å². The Kier molecular flexibility index (Phi) is 7.70. The van der Waals surface area contributed by atoms with Crippen LogP contribution in [0.2, 0.25) is 0 Å². The summed E-state index contributed by atoms with van der Waals surface area (Å²) in [5.41, 5.74) is -1.24. The second-order valence-electron chi connectivity index (χ2n) is 3.74. The highest BCUT2D eigenvalue weighted by Crippen LogP contribution is 2.23. The van der Waals surface area contributed by atoms with Crippen molar-refractivity contribution in [1.29, 1.82) is 0 Å². The lowest BCUT2D eigenvalue weighted by Gasteiger charge is -2.35. The van der Waals surface area contributed by atoms with E-state index in [0.717, 1.165) is 0 Å². The Morgan fingerprint density at radius 2 is 1.43 bits per heavy atom. The molecule has 0 aliphatic carbocycles. The fourth-order valence-electron chi connectivity index (χ4n) is 0.250. The van der Waals surface area contributed by atoms with Gasteiger partial charge in [-0.15, -0.1) is 0 Å². The number of rotatable bonds is 3. The fourth-order valence-corrected chi connectivity index (χ4v) is 0.250. The SMILES string of the molecule is COC(C)(C)C(C)(C)O.CO[PH](=O)O. The van der Waals surface area contributed by atoms with Gasteiger partial charge in [-0.25, -0.2) is 0 Å². The van der Waals surface area contributed by atoms with Crippen molar-refractivity contribution in [3.63, 3.8) is 0 Å². The van der Waals surface area contributed by atoms with Gasteiger partial charge in [0.15, 0.2) is 0 Å². The quantitative estimate of drug-likeness (QED) is 0.710. The number of ether oxygens (including phenoxy) is 1. The van der Waals surface area contributed by atoms with Crippen LogP contribution in [0.25, 0.3) is 0 Å². The molecule has 88 valence electrons. The van der Waals surface area contributed by atoms with Crippen molar-refractivity contribution in [3.05, 3.63) is 0 Å². The first-order valence-corrected chi connectivity index (χ1v) is 5.39. The summed E-state index contributed by atoms with van der Waals surface area (Å²) in [4.78, 5) is 7.69. The lowest BCUT2D eigenvalue weighted by molar-refractivity contribution is -0.129. The van der Waals surface area contributed by atoms with E-state index in [9.17, 15) is 9.67 Å². The summed E-state index contributed by atoms with van der Waals surface area (Å²) in [7, 11) is 0.153. The molecule has 0 fully saturated rings. The minimum atomic E-state index is -2.62. The van der Waals surface area contributed by atoms with Crippen LogP contribution >= 0.6 is 8.25 Å². The molecule has 5 nitrogen and oxygen atoms in total. The third kappa shape index (κ3) is 7.47. The largest absolute Gasteiger partial charge is 0.387 e. The van der Waals surface area contributed by atoms with Crippen molar-refractivity contribution in [1.82, 2.24) is 0 Å². The Bertz CT molecular complexity index is 173. The predicted octanol–water partition coefficient (Wildman–Crippen LogP) is 1.20. The van der Waals surface area contributed by atoms with E-state index in [1.54, 1.807) is 21.0 Å². The summed E-state index contributed by atoms with van der Waals surface area (Å²) in [6.07, 6.45) is 0. The highest BCUT2D eigenvalue weighted by molar-refractivity contribution is 7.32. The minimum absolute atomic E-state index is 0.465. The Morgan fingerprint density at radius 1 is 1.14 bits per heavy atom. The van der Waals surface area contributed by atoms with Crippen LogP contribution in [0.5, 0.6) is 0 Å². The molecule has 0 heterocycles. The van der Waals surface area contributed by atoms with E-state index in [0.29, 0.717) is 0 Å². The zero-order valence-electron chi connectivity index (χ0n) is 9.62. The molecule has 0 aromatic rings. The van der Waals surface area contributed by atoms with E-state index in [1.807, 2.05) is 13.8 Å². The summed E-state index contributed by atoms with van der Waals surface area (Å²) in [6.45, 7) is 7.17. The average molecular weight is 228 g/mol. The lowest BCUT2D eigenvalue weighted by Crippen LogP contribution is -2.46. The van der Waals surface area contributed by atoms with Crippen molar-refractivity contribution < 1.29 is 23.8 Å². The Balaban J connectivity index is 0. The van der Waals surface area contributed by atoms with Crippen molar-refractivity contribution >= 4 is 8.25 Å². The number of methoxy groups -OCH3 is 1. The van der Waals surface area contributed by atoms with E-state index >= 15 is 0 Å². The molecule has 1 unspecified atom stereocenters. The molecule has 0 rings (SSSR count). The maximum absolute atomic E-state index is 9.42. The normalized spacial score (nSPS) is 14.3. The summed E-state index contributed by atoms with van der Waals surface area (Å²) >= 11 is 0. The smallest absolute Gasteiger partial charge is 0.316 e. The third-order valence-corrected chi connectivity index (χ3v) is 2.51. The number of hydrogen-bond donors (Lipinski definition) is 2. The van der Waals surface area contributed by atoms with Crippen molar-refractivity contribution in [3.8, 4) is 0 Å². The zero-order valence-corrected chi connectivity index (χ0v) is 10.6. The Labute approximate surface area is 86.0 Å². The van der Waals surface area contributed by atoms with Crippen molar-refractivity contribution in [2.75, 3.05) is 14.2 Å². The molecule has 0 bridgehead atoms. The van der Waals surface area contributed by atoms with E-state index in [2.05, 4.69) is 4.52 Å². The number of aliphatic hydroxyl groups is 1. The van der Waals surface area contributed by atoms with E-state index in [4.69, 9.17) is 9.63 Å². The molecule has 0 spiro atoms. The first-order chi connectivity index (χ1) is 6.08. The second kappa shape index (κ2) is 6.53. The maximum Gasteiger partial charge on any atom is 0.316 e. The van der Waals surface area contributed by atoms with Gasteiger partial charge >= 0.3 is 8.25 Å². The molecule has 0 aliphatic heterocycles. The maximum atomic E-state index is 9.42. The van der Waals surface area contributed by atoms with Gasteiger partial charge in [-0.2, -0.15) is 0 Å². The van der Waals surface area contributed by atoms with Crippen LogP contribution in [0.3, 0.4) is 0 Å². The van der Waals surface area contributed by atoms with Gasteiger partial charge in [0.25, 0.3) is 0 Å². The van der Waals surface area contributed by atoms with Gasteiger partial charge in [-0.05, 0) is 27.7 Å². The van der Waals surface area contributed by atoms with Gasteiger partial charge in [0, 0.05) is 14.2 Å². The van der Waals surface area contributed by atoms with Gasteiger partial charge in [0.1, 0.15) is 0 Å². The summed E-state index contributed by atoms with van der Waals surface area (Å²) in [5, 5.41) is 9.42.